The fourth-order valence-corrected chi connectivity index (χ4v) is 2.06. The number of carbonyl (C=O) groups excluding carboxylic acids is 2. The van der Waals surface area contributed by atoms with Crippen LogP contribution in [0.15, 0.2) is 0 Å². The molecule has 1 heterocycles. The van der Waals surface area contributed by atoms with Crippen LogP contribution >= 0.6 is 0 Å². The Hall–Kier alpha value is -1.30. The molecule has 116 valence electrons. The van der Waals surface area contributed by atoms with Gasteiger partial charge in [0.1, 0.15) is 5.60 Å². The topological polar surface area (TPSA) is 76.1 Å². The SMILES string of the molecule is CCOC(=O)[C@@]1(C)CCN(C(=O)OC(C)(C)C)C[C@H]1O. The summed E-state index contributed by atoms with van der Waals surface area (Å²) in [6.45, 7) is 9.46. The van der Waals surface area contributed by atoms with Gasteiger partial charge in [0.25, 0.3) is 0 Å². The highest BCUT2D eigenvalue weighted by Crippen LogP contribution is 2.33. The van der Waals surface area contributed by atoms with Gasteiger partial charge in [-0.3, -0.25) is 4.79 Å². The number of carbonyl (C=O) groups is 2. The molecule has 1 amide bonds. The smallest absolute Gasteiger partial charge is 0.410 e. The fraction of sp³-hybridized carbons (Fsp3) is 0.857. The Kier molecular flexibility index (Phi) is 5.02. The molecule has 0 saturated carbocycles. The summed E-state index contributed by atoms with van der Waals surface area (Å²) in [5, 5.41) is 10.2. The second kappa shape index (κ2) is 5.99. The highest BCUT2D eigenvalue weighted by molar-refractivity contribution is 5.78. The van der Waals surface area contributed by atoms with Crippen molar-refractivity contribution >= 4 is 12.1 Å². The maximum absolute atomic E-state index is 11.9. The first-order valence-electron chi connectivity index (χ1n) is 6.93. The third-order valence-electron chi connectivity index (χ3n) is 3.42. The van der Waals surface area contributed by atoms with E-state index in [2.05, 4.69) is 0 Å². The van der Waals surface area contributed by atoms with Gasteiger partial charge in [0, 0.05) is 6.54 Å². The maximum atomic E-state index is 11.9. The van der Waals surface area contributed by atoms with E-state index in [1.165, 1.54) is 4.90 Å². The summed E-state index contributed by atoms with van der Waals surface area (Å²) < 4.78 is 10.3. The van der Waals surface area contributed by atoms with Gasteiger partial charge in [-0.1, -0.05) is 0 Å². The van der Waals surface area contributed by atoms with E-state index >= 15 is 0 Å². The summed E-state index contributed by atoms with van der Waals surface area (Å²) in [7, 11) is 0. The van der Waals surface area contributed by atoms with Gasteiger partial charge >= 0.3 is 12.1 Å². The summed E-state index contributed by atoms with van der Waals surface area (Å²) in [4.78, 5) is 25.3. The second-order valence-corrected chi connectivity index (χ2v) is 6.33. The van der Waals surface area contributed by atoms with Gasteiger partial charge in [0.15, 0.2) is 0 Å². The standard InChI is InChI=1S/C14H25NO5/c1-6-19-11(17)14(5)7-8-15(9-10(14)16)12(18)20-13(2,3)4/h10,16H,6-9H2,1-5H3/t10-,14+/m1/s1. The number of rotatable bonds is 2. The Balaban J connectivity index is 2.68. The number of hydrogen-bond acceptors (Lipinski definition) is 5. The lowest BCUT2D eigenvalue weighted by Crippen LogP contribution is -2.55. The van der Waals surface area contributed by atoms with Crippen LogP contribution in [-0.2, 0) is 14.3 Å². The van der Waals surface area contributed by atoms with Gasteiger partial charge < -0.3 is 19.5 Å². The Labute approximate surface area is 120 Å². The van der Waals surface area contributed by atoms with Crippen molar-refractivity contribution in [1.29, 1.82) is 0 Å². The zero-order chi connectivity index (χ0) is 15.6. The first kappa shape index (κ1) is 16.8. The van der Waals surface area contributed by atoms with E-state index in [1.807, 2.05) is 0 Å². The molecule has 1 aliphatic heterocycles. The van der Waals surface area contributed by atoms with E-state index in [9.17, 15) is 14.7 Å². The van der Waals surface area contributed by atoms with Crippen LogP contribution in [0.2, 0.25) is 0 Å². The minimum Gasteiger partial charge on any atom is -0.465 e. The lowest BCUT2D eigenvalue weighted by atomic mass is 9.78. The number of esters is 1. The van der Waals surface area contributed by atoms with E-state index in [1.54, 1.807) is 34.6 Å². The second-order valence-electron chi connectivity index (χ2n) is 6.33. The van der Waals surface area contributed by atoms with Crippen molar-refractivity contribution < 1.29 is 24.2 Å². The van der Waals surface area contributed by atoms with E-state index in [4.69, 9.17) is 9.47 Å². The van der Waals surface area contributed by atoms with Gasteiger partial charge in [0.05, 0.1) is 24.7 Å². The van der Waals surface area contributed by atoms with Crippen molar-refractivity contribution in [2.24, 2.45) is 5.41 Å². The summed E-state index contributed by atoms with van der Waals surface area (Å²) in [5.74, 6) is -0.420. The van der Waals surface area contributed by atoms with E-state index in [0.29, 0.717) is 13.0 Å². The molecule has 6 nitrogen and oxygen atoms in total. The monoisotopic (exact) mass is 287 g/mol. The van der Waals surface area contributed by atoms with E-state index < -0.39 is 29.2 Å². The van der Waals surface area contributed by atoms with Crippen molar-refractivity contribution in [2.75, 3.05) is 19.7 Å². The molecule has 0 bridgehead atoms. The molecule has 1 fully saturated rings. The molecule has 0 aromatic carbocycles. The van der Waals surface area contributed by atoms with Crippen LogP contribution in [0, 0.1) is 5.41 Å². The van der Waals surface area contributed by atoms with Crippen molar-refractivity contribution in [3.05, 3.63) is 0 Å². The largest absolute Gasteiger partial charge is 0.465 e. The molecule has 2 atom stereocenters. The lowest BCUT2D eigenvalue weighted by molar-refractivity contribution is -0.166. The van der Waals surface area contributed by atoms with Gasteiger partial charge in [-0.25, -0.2) is 4.79 Å². The number of aliphatic hydroxyl groups is 1. The van der Waals surface area contributed by atoms with Crippen molar-refractivity contribution in [2.45, 2.75) is 52.7 Å². The van der Waals surface area contributed by atoms with Crippen LogP contribution in [-0.4, -0.2) is 53.5 Å². The normalized spacial score (nSPS) is 27.1. The number of hydrogen-bond donors (Lipinski definition) is 1. The lowest BCUT2D eigenvalue weighted by Gasteiger charge is -2.41. The molecular weight excluding hydrogens is 262 g/mol. The van der Waals surface area contributed by atoms with Crippen LogP contribution in [0.3, 0.4) is 0 Å². The minimum atomic E-state index is -0.964. The van der Waals surface area contributed by atoms with Gasteiger partial charge in [0.2, 0.25) is 0 Å². The first-order valence-corrected chi connectivity index (χ1v) is 6.93. The first-order chi connectivity index (χ1) is 9.10. The maximum Gasteiger partial charge on any atom is 0.410 e. The average Bonchev–Trinajstić information content (AvgIpc) is 2.30. The zero-order valence-electron chi connectivity index (χ0n) is 12.9. The average molecular weight is 287 g/mol. The highest BCUT2D eigenvalue weighted by Gasteiger charge is 2.47. The predicted molar refractivity (Wildman–Crippen MR) is 73.2 cm³/mol. The predicted octanol–water partition coefficient (Wildman–Crippen LogP) is 1.56. The molecule has 0 radical (unpaired) electrons. The highest BCUT2D eigenvalue weighted by atomic mass is 16.6. The van der Waals surface area contributed by atoms with Gasteiger partial charge in [-0.15, -0.1) is 0 Å². The molecule has 1 saturated heterocycles. The summed E-state index contributed by atoms with van der Waals surface area (Å²) in [5.41, 5.74) is -1.54. The summed E-state index contributed by atoms with van der Waals surface area (Å²) in [6.07, 6.45) is -1.07. The number of nitrogens with zero attached hydrogens (tertiary/aromatic N) is 1. The molecule has 6 heteroatoms. The van der Waals surface area contributed by atoms with Gasteiger partial charge in [-0.2, -0.15) is 0 Å². The molecule has 0 spiro atoms. The number of amides is 1. The molecular formula is C14H25NO5. The number of likely N-dealkylation sites (tertiary alicyclic amines) is 1. The Morgan fingerprint density at radius 3 is 2.45 bits per heavy atom. The van der Waals surface area contributed by atoms with Crippen LogP contribution in [0.4, 0.5) is 4.79 Å². The third-order valence-corrected chi connectivity index (χ3v) is 3.42. The molecule has 1 rings (SSSR count). The number of aliphatic hydroxyl groups excluding tert-OH is 1. The Bertz CT molecular complexity index is 376. The molecule has 0 unspecified atom stereocenters. The van der Waals surface area contributed by atoms with Gasteiger partial charge in [-0.05, 0) is 41.0 Å². The molecule has 20 heavy (non-hydrogen) atoms. The zero-order valence-corrected chi connectivity index (χ0v) is 12.9. The number of ether oxygens (including phenoxy) is 2. The van der Waals surface area contributed by atoms with Crippen LogP contribution < -0.4 is 0 Å². The van der Waals surface area contributed by atoms with Crippen LogP contribution in [0.5, 0.6) is 0 Å². The molecule has 0 aliphatic carbocycles. The molecule has 1 aliphatic rings. The van der Waals surface area contributed by atoms with E-state index in [0.717, 1.165) is 0 Å². The van der Waals surface area contributed by atoms with E-state index in [-0.39, 0.29) is 13.2 Å². The number of piperidine rings is 1. The third kappa shape index (κ3) is 3.85. The molecule has 0 aromatic heterocycles. The minimum absolute atomic E-state index is 0.0736. The summed E-state index contributed by atoms with van der Waals surface area (Å²) in [6, 6.07) is 0. The quantitative estimate of drug-likeness (QED) is 0.780. The van der Waals surface area contributed by atoms with Crippen molar-refractivity contribution in [3.63, 3.8) is 0 Å². The Morgan fingerprint density at radius 1 is 1.40 bits per heavy atom. The fourth-order valence-electron chi connectivity index (χ4n) is 2.06. The molecule has 0 aromatic rings. The Morgan fingerprint density at radius 2 is 2.00 bits per heavy atom. The molecule has 1 N–H and O–H groups in total. The van der Waals surface area contributed by atoms with Crippen molar-refractivity contribution in [1.82, 2.24) is 4.90 Å². The summed E-state index contributed by atoms with van der Waals surface area (Å²) >= 11 is 0. The van der Waals surface area contributed by atoms with Crippen LogP contribution in [0.25, 0.3) is 0 Å². The van der Waals surface area contributed by atoms with Crippen LogP contribution in [0.1, 0.15) is 41.0 Å². The number of β-amino-alcohol motifs (C(OH)–C–C–N with tert-alkyl or cyclic N) is 1. The van der Waals surface area contributed by atoms with Crippen molar-refractivity contribution in [3.8, 4) is 0 Å².